The number of pyridine rings is 1. The molecule has 118 valence electrons. The summed E-state index contributed by atoms with van der Waals surface area (Å²) in [4.78, 5) is 4.41. The van der Waals surface area contributed by atoms with Gasteiger partial charge < -0.3 is 9.47 Å². The maximum Gasteiger partial charge on any atom is 0.219 e. The van der Waals surface area contributed by atoms with Crippen molar-refractivity contribution in [3.8, 4) is 11.6 Å². The van der Waals surface area contributed by atoms with Crippen LogP contribution in [0.15, 0.2) is 36.4 Å². The summed E-state index contributed by atoms with van der Waals surface area (Å²) in [6, 6.07) is 10.6. The maximum atomic E-state index is 6.09. The maximum absolute atomic E-state index is 6.09. The molecule has 0 saturated heterocycles. The highest BCUT2D eigenvalue weighted by Gasteiger charge is 2.11. The van der Waals surface area contributed by atoms with Crippen LogP contribution < -0.4 is 4.74 Å². The molecule has 1 aromatic heterocycles. The molecule has 0 atom stereocenters. The molecule has 0 saturated carbocycles. The monoisotopic (exact) mass is 339 g/mol. The van der Waals surface area contributed by atoms with Gasteiger partial charge in [0, 0.05) is 11.1 Å². The van der Waals surface area contributed by atoms with Gasteiger partial charge in [0.2, 0.25) is 5.88 Å². The summed E-state index contributed by atoms with van der Waals surface area (Å²) in [5.41, 5.74) is 0.942. The molecule has 0 aliphatic carbocycles. The van der Waals surface area contributed by atoms with Gasteiger partial charge in [0.15, 0.2) is 0 Å². The van der Waals surface area contributed by atoms with E-state index >= 15 is 0 Å². The van der Waals surface area contributed by atoms with Crippen LogP contribution in [0.4, 0.5) is 0 Å². The molecular formula is C17H19Cl2NO2. The highest BCUT2D eigenvalue weighted by molar-refractivity contribution is 6.35. The van der Waals surface area contributed by atoms with Crippen LogP contribution in [0.1, 0.15) is 26.5 Å². The summed E-state index contributed by atoms with van der Waals surface area (Å²) < 4.78 is 11.4. The molecular weight excluding hydrogens is 321 g/mol. The molecule has 0 spiro atoms. The molecule has 2 rings (SSSR count). The summed E-state index contributed by atoms with van der Waals surface area (Å²) in [5, 5.41) is 1.01. The molecule has 22 heavy (non-hydrogen) atoms. The summed E-state index contributed by atoms with van der Waals surface area (Å²) in [7, 11) is 0. The minimum absolute atomic E-state index is 0.130. The zero-order valence-corrected chi connectivity index (χ0v) is 14.4. The van der Waals surface area contributed by atoms with Crippen molar-refractivity contribution in [2.45, 2.75) is 27.4 Å². The van der Waals surface area contributed by atoms with E-state index in [4.69, 9.17) is 32.7 Å². The molecule has 0 bridgehead atoms. The number of hydrogen-bond donors (Lipinski definition) is 0. The first kappa shape index (κ1) is 17.1. The van der Waals surface area contributed by atoms with Gasteiger partial charge in [-0.25, -0.2) is 4.98 Å². The third-order valence-corrected chi connectivity index (χ3v) is 3.21. The van der Waals surface area contributed by atoms with Gasteiger partial charge >= 0.3 is 0 Å². The first-order chi connectivity index (χ1) is 10.3. The van der Waals surface area contributed by atoms with Gasteiger partial charge in [-0.05, 0) is 29.7 Å². The first-order valence-corrected chi connectivity index (χ1v) is 7.76. The van der Waals surface area contributed by atoms with Crippen molar-refractivity contribution in [3.05, 3.63) is 52.1 Å². The number of ether oxygens (including phenoxy) is 2. The third-order valence-electron chi connectivity index (χ3n) is 2.67. The van der Waals surface area contributed by atoms with Gasteiger partial charge in [-0.3, -0.25) is 0 Å². The SMILES string of the molecule is CC(C)(C)COCc1cccc(Oc2ccc(Cl)cc2Cl)n1. The quantitative estimate of drug-likeness (QED) is 0.695. The van der Waals surface area contributed by atoms with Crippen LogP contribution >= 0.6 is 23.2 Å². The van der Waals surface area contributed by atoms with Gasteiger partial charge in [0.25, 0.3) is 0 Å². The molecule has 1 heterocycles. The van der Waals surface area contributed by atoms with Gasteiger partial charge in [0.05, 0.1) is 23.9 Å². The minimum atomic E-state index is 0.130. The topological polar surface area (TPSA) is 31.4 Å². The number of halogens is 2. The summed E-state index contributed by atoms with van der Waals surface area (Å²) in [5.74, 6) is 0.993. The lowest BCUT2D eigenvalue weighted by Gasteiger charge is -2.17. The van der Waals surface area contributed by atoms with E-state index in [1.54, 1.807) is 24.3 Å². The third kappa shape index (κ3) is 5.48. The Morgan fingerprint density at radius 3 is 2.55 bits per heavy atom. The number of rotatable bonds is 5. The molecule has 0 unspecified atom stereocenters. The summed E-state index contributed by atoms with van der Waals surface area (Å²) in [6.45, 7) is 7.50. The Morgan fingerprint density at radius 2 is 1.86 bits per heavy atom. The van der Waals surface area contributed by atoms with Crippen molar-refractivity contribution in [1.29, 1.82) is 0 Å². The largest absolute Gasteiger partial charge is 0.437 e. The van der Waals surface area contributed by atoms with Crippen molar-refractivity contribution in [3.63, 3.8) is 0 Å². The Bertz CT molecular complexity index is 639. The van der Waals surface area contributed by atoms with Crippen LogP contribution in [0, 0.1) is 5.41 Å². The van der Waals surface area contributed by atoms with Crippen LogP contribution in [-0.2, 0) is 11.3 Å². The first-order valence-electron chi connectivity index (χ1n) is 7.00. The lowest BCUT2D eigenvalue weighted by atomic mass is 9.99. The Kier molecular flexibility index (Phi) is 5.68. The number of benzene rings is 1. The molecule has 0 fully saturated rings. The van der Waals surface area contributed by atoms with E-state index in [2.05, 4.69) is 25.8 Å². The fourth-order valence-corrected chi connectivity index (χ4v) is 2.17. The zero-order valence-electron chi connectivity index (χ0n) is 12.9. The van der Waals surface area contributed by atoms with Crippen molar-refractivity contribution in [2.24, 2.45) is 5.41 Å². The van der Waals surface area contributed by atoms with Gasteiger partial charge in [-0.1, -0.05) is 50.0 Å². The fraction of sp³-hybridized carbons (Fsp3) is 0.353. The Morgan fingerprint density at radius 1 is 1.09 bits per heavy atom. The van der Waals surface area contributed by atoms with Crippen molar-refractivity contribution in [1.82, 2.24) is 4.98 Å². The number of hydrogen-bond acceptors (Lipinski definition) is 3. The molecule has 3 nitrogen and oxygen atoms in total. The van der Waals surface area contributed by atoms with E-state index in [0.717, 1.165) is 5.69 Å². The molecule has 5 heteroatoms. The predicted molar refractivity (Wildman–Crippen MR) is 89.9 cm³/mol. The van der Waals surface area contributed by atoms with E-state index < -0.39 is 0 Å². The van der Waals surface area contributed by atoms with E-state index in [0.29, 0.717) is 34.9 Å². The van der Waals surface area contributed by atoms with Crippen LogP contribution in [0.3, 0.4) is 0 Å². The van der Waals surface area contributed by atoms with E-state index in [-0.39, 0.29) is 5.41 Å². The summed E-state index contributed by atoms with van der Waals surface area (Å²) in [6.07, 6.45) is 0. The molecule has 0 radical (unpaired) electrons. The highest BCUT2D eigenvalue weighted by atomic mass is 35.5. The van der Waals surface area contributed by atoms with Gasteiger partial charge in [-0.2, -0.15) is 0 Å². The summed E-state index contributed by atoms with van der Waals surface area (Å²) >= 11 is 12.0. The van der Waals surface area contributed by atoms with Crippen LogP contribution in [0.25, 0.3) is 0 Å². The van der Waals surface area contributed by atoms with E-state index in [9.17, 15) is 0 Å². The Balaban J connectivity index is 2.02. The highest BCUT2D eigenvalue weighted by Crippen LogP contribution is 2.30. The van der Waals surface area contributed by atoms with E-state index in [1.807, 2.05) is 12.1 Å². The average Bonchev–Trinajstić information content (AvgIpc) is 2.41. The molecule has 0 amide bonds. The van der Waals surface area contributed by atoms with Gasteiger partial charge in [0.1, 0.15) is 5.75 Å². The standard InChI is InChI=1S/C17H19Cl2NO2/c1-17(2,3)11-21-10-13-5-4-6-16(20-13)22-15-8-7-12(18)9-14(15)19/h4-9H,10-11H2,1-3H3. The smallest absolute Gasteiger partial charge is 0.219 e. The Hall–Kier alpha value is -1.29. The molecule has 0 N–H and O–H groups in total. The van der Waals surface area contributed by atoms with Crippen LogP contribution in [-0.4, -0.2) is 11.6 Å². The van der Waals surface area contributed by atoms with Crippen molar-refractivity contribution < 1.29 is 9.47 Å². The van der Waals surface area contributed by atoms with Crippen molar-refractivity contribution >= 4 is 23.2 Å². The normalized spacial score (nSPS) is 11.5. The van der Waals surface area contributed by atoms with Crippen molar-refractivity contribution in [2.75, 3.05) is 6.61 Å². The number of aromatic nitrogens is 1. The second-order valence-electron chi connectivity index (χ2n) is 6.20. The van der Waals surface area contributed by atoms with Crippen LogP contribution in [0.2, 0.25) is 10.0 Å². The fourth-order valence-electron chi connectivity index (χ4n) is 1.73. The zero-order chi connectivity index (χ0) is 16.2. The molecule has 0 aliphatic heterocycles. The molecule has 2 aromatic rings. The Labute approximate surface area is 141 Å². The number of nitrogens with zero attached hydrogens (tertiary/aromatic N) is 1. The van der Waals surface area contributed by atoms with Gasteiger partial charge in [-0.15, -0.1) is 0 Å². The molecule has 0 aliphatic rings. The van der Waals surface area contributed by atoms with E-state index in [1.165, 1.54) is 0 Å². The minimum Gasteiger partial charge on any atom is -0.437 e. The predicted octanol–water partition coefficient (Wildman–Crippen LogP) is 5.74. The lowest BCUT2D eigenvalue weighted by molar-refractivity contribution is 0.0579. The molecule has 1 aromatic carbocycles. The average molecular weight is 340 g/mol. The van der Waals surface area contributed by atoms with Crippen LogP contribution in [0.5, 0.6) is 11.6 Å². The second kappa shape index (κ2) is 7.32. The lowest BCUT2D eigenvalue weighted by Crippen LogP contribution is -2.14. The second-order valence-corrected chi connectivity index (χ2v) is 7.04.